The first kappa shape index (κ1) is 9.57. The molecule has 1 aliphatic heterocycles. The Bertz CT molecular complexity index is 320. The first-order valence-corrected chi connectivity index (χ1v) is 5.61. The van der Waals surface area contributed by atoms with Crippen molar-refractivity contribution in [3.63, 3.8) is 0 Å². The van der Waals surface area contributed by atoms with E-state index in [1.54, 1.807) is 5.57 Å². The summed E-state index contributed by atoms with van der Waals surface area (Å²) >= 11 is 0. The second-order valence-corrected chi connectivity index (χ2v) is 4.12. The van der Waals surface area contributed by atoms with Gasteiger partial charge in [0.05, 0.1) is 0 Å². The Balaban J connectivity index is 2.38. The second kappa shape index (κ2) is 3.64. The van der Waals surface area contributed by atoms with E-state index in [0.29, 0.717) is 6.04 Å². The lowest BCUT2D eigenvalue weighted by Gasteiger charge is -2.26. The first-order valence-electron chi connectivity index (χ1n) is 5.61. The Morgan fingerprint density at radius 1 is 1.43 bits per heavy atom. The van der Waals surface area contributed by atoms with Gasteiger partial charge in [-0.15, -0.1) is 0 Å². The molecule has 1 heteroatoms. The Hall–Kier alpha value is -0.980. The molecule has 1 aliphatic carbocycles. The van der Waals surface area contributed by atoms with Crippen LogP contribution in [0.2, 0.25) is 0 Å². The average molecular weight is 189 g/mol. The first-order chi connectivity index (χ1) is 6.77. The molecule has 2 rings (SSSR count). The van der Waals surface area contributed by atoms with E-state index in [9.17, 15) is 0 Å². The maximum Gasteiger partial charge on any atom is 0.0476 e. The Labute approximate surface area is 86.8 Å². The summed E-state index contributed by atoms with van der Waals surface area (Å²) in [6.45, 7) is 4.51. The fraction of sp³-hybridized carbons (Fsp3) is 0.538. The lowest BCUT2D eigenvalue weighted by atomic mass is 9.97. The molecule has 0 saturated carbocycles. The van der Waals surface area contributed by atoms with Crippen molar-refractivity contribution < 1.29 is 0 Å². The number of fused-ring (bicyclic) bond motifs is 1. The van der Waals surface area contributed by atoms with Crippen LogP contribution >= 0.6 is 0 Å². The van der Waals surface area contributed by atoms with Crippen LogP contribution in [0.4, 0.5) is 0 Å². The number of likely N-dealkylation sites (N-methyl/N-ethyl adjacent to an activating group) is 1. The molecule has 0 N–H and O–H groups in total. The van der Waals surface area contributed by atoms with E-state index >= 15 is 0 Å². The van der Waals surface area contributed by atoms with Crippen molar-refractivity contribution in [1.82, 2.24) is 4.90 Å². The van der Waals surface area contributed by atoms with Crippen LogP contribution in [-0.4, -0.2) is 18.0 Å². The largest absolute Gasteiger partial charge is 0.368 e. The molecular weight excluding hydrogens is 170 g/mol. The third-order valence-electron chi connectivity index (χ3n) is 3.34. The zero-order chi connectivity index (χ0) is 10.1. The number of allylic oxidation sites excluding steroid dienone is 3. The van der Waals surface area contributed by atoms with Crippen LogP contribution in [0.5, 0.6) is 0 Å². The van der Waals surface area contributed by atoms with E-state index in [2.05, 4.69) is 44.0 Å². The van der Waals surface area contributed by atoms with Gasteiger partial charge in [0.1, 0.15) is 0 Å². The van der Waals surface area contributed by atoms with Crippen LogP contribution in [0.1, 0.15) is 33.1 Å². The molecule has 0 spiro atoms. The molecule has 0 saturated heterocycles. The topological polar surface area (TPSA) is 3.24 Å². The lowest BCUT2D eigenvalue weighted by Crippen LogP contribution is -2.25. The summed E-state index contributed by atoms with van der Waals surface area (Å²) in [5.74, 6) is 0. The van der Waals surface area contributed by atoms with E-state index in [1.807, 2.05) is 0 Å². The monoisotopic (exact) mass is 189 g/mol. The molecule has 0 fully saturated rings. The Kier molecular flexibility index (Phi) is 2.49. The second-order valence-electron chi connectivity index (χ2n) is 4.12. The zero-order valence-corrected chi connectivity index (χ0v) is 9.38. The Morgan fingerprint density at radius 3 is 2.86 bits per heavy atom. The summed E-state index contributed by atoms with van der Waals surface area (Å²) in [5, 5.41) is 0. The summed E-state index contributed by atoms with van der Waals surface area (Å²) in [7, 11) is 2.22. The highest BCUT2D eigenvalue weighted by atomic mass is 15.2. The minimum atomic E-state index is 0.615. The molecular formula is C13H19N. The van der Waals surface area contributed by atoms with Crippen LogP contribution in [0.3, 0.4) is 0 Å². The smallest absolute Gasteiger partial charge is 0.0476 e. The van der Waals surface area contributed by atoms with Crippen LogP contribution in [0.15, 0.2) is 35.1 Å². The van der Waals surface area contributed by atoms with E-state index in [0.717, 1.165) is 6.42 Å². The predicted molar refractivity (Wildman–Crippen MR) is 61.0 cm³/mol. The molecule has 76 valence electrons. The molecule has 1 atom stereocenters. The summed E-state index contributed by atoms with van der Waals surface area (Å²) < 4.78 is 0. The molecule has 1 nitrogen and oxygen atoms in total. The Morgan fingerprint density at radius 2 is 2.21 bits per heavy atom. The highest BCUT2D eigenvalue weighted by Crippen LogP contribution is 2.35. The van der Waals surface area contributed by atoms with Gasteiger partial charge in [0.2, 0.25) is 0 Å². The van der Waals surface area contributed by atoms with Crippen LogP contribution in [0, 0.1) is 0 Å². The highest BCUT2D eigenvalue weighted by Gasteiger charge is 2.26. The third-order valence-corrected chi connectivity index (χ3v) is 3.34. The number of hydrogen-bond acceptors (Lipinski definition) is 1. The summed E-state index contributed by atoms with van der Waals surface area (Å²) in [5.41, 5.74) is 4.54. The minimum Gasteiger partial charge on any atom is -0.368 e. The van der Waals surface area contributed by atoms with Crippen molar-refractivity contribution in [2.45, 2.75) is 39.2 Å². The lowest BCUT2D eigenvalue weighted by molar-refractivity contribution is 0.368. The molecule has 0 amide bonds. The zero-order valence-electron chi connectivity index (χ0n) is 9.38. The van der Waals surface area contributed by atoms with Crippen LogP contribution < -0.4 is 0 Å². The quantitative estimate of drug-likeness (QED) is 0.644. The van der Waals surface area contributed by atoms with Gasteiger partial charge in [0.15, 0.2) is 0 Å². The van der Waals surface area contributed by atoms with Gasteiger partial charge >= 0.3 is 0 Å². The van der Waals surface area contributed by atoms with E-state index < -0.39 is 0 Å². The molecule has 14 heavy (non-hydrogen) atoms. The van der Waals surface area contributed by atoms with Gasteiger partial charge in [-0.3, -0.25) is 0 Å². The molecule has 1 heterocycles. The molecule has 0 bridgehead atoms. The van der Waals surface area contributed by atoms with E-state index in [1.165, 1.54) is 24.1 Å². The van der Waals surface area contributed by atoms with Crippen molar-refractivity contribution in [1.29, 1.82) is 0 Å². The molecule has 0 radical (unpaired) electrons. The van der Waals surface area contributed by atoms with Gasteiger partial charge in [-0.05, 0) is 30.4 Å². The molecule has 0 aromatic heterocycles. The van der Waals surface area contributed by atoms with Gasteiger partial charge in [-0.2, -0.15) is 0 Å². The van der Waals surface area contributed by atoms with Gasteiger partial charge < -0.3 is 4.90 Å². The molecule has 0 aromatic rings. The summed E-state index contributed by atoms with van der Waals surface area (Å²) in [4.78, 5) is 2.44. The molecule has 1 unspecified atom stereocenters. The maximum atomic E-state index is 2.44. The van der Waals surface area contributed by atoms with Crippen molar-refractivity contribution >= 4 is 0 Å². The van der Waals surface area contributed by atoms with Crippen molar-refractivity contribution in [2.75, 3.05) is 7.05 Å². The molecule has 0 aromatic carbocycles. The number of hydrogen-bond donors (Lipinski definition) is 0. The standard InChI is InChI=1S/C13H19N/c1-4-10-7-6-8-11-9-12(5-2)14(3)13(10)11/h6,8-9,12H,4-5,7H2,1-3H3. The maximum absolute atomic E-state index is 2.44. The van der Waals surface area contributed by atoms with Crippen LogP contribution in [0.25, 0.3) is 0 Å². The predicted octanol–water partition coefficient (Wildman–Crippen LogP) is 3.26. The van der Waals surface area contributed by atoms with E-state index in [-0.39, 0.29) is 0 Å². The van der Waals surface area contributed by atoms with Gasteiger partial charge in [0.25, 0.3) is 0 Å². The number of rotatable bonds is 2. The average Bonchev–Trinajstić information content (AvgIpc) is 2.55. The molecule has 2 aliphatic rings. The normalized spacial score (nSPS) is 25.5. The number of nitrogens with zero attached hydrogens (tertiary/aromatic N) is 1. The third kappa shape index (κ3) is 1.31. The fourth-order valence-corrected chi connectivity index (χ4v) is 2.48. The van der Waals surface area contributed by atoms with Crippen molar-refractivity contribution in [3.05, 3.63) is 35.1 Å². The van der Waals surface area contributed by atoms with Gasteiger partial charge in [-0.1, -0.05) is 32.1 Å². The van der Waals surface area contributed by atoms with Gasteiger partial charge in [-0.25, -0.2) is 0 Å². The van der Waals surface area contributed by atoms with Crippen LogP contribution in [-0.2, 0) is 0 Å². The SMILES string of the molecule is CCC1=C2C(=CC(CC)N2C)C=CC1. The summed E-state index contributed by atoms with van der Waals surface area (Å²) in [6.07, 6.45) is 10.5. The highest BCUT2D eigenvalue weighted by molar-refractivity contribution is 5.50. The van der Waals surface area contributed by atoms with Crippen molar-refractivity contribution in [3.8, 4) is 0 Å². The minimum absolute atomic E-state index is 0.615. The van der Waals surface area contributed by atoms with Gasteiger partial charge in [0, 0.05) is 18.8 Å². The summed E-state index contributed by atoms with van der Waals surface area (Å²) in [6, 6.07) is 0.615. The van der Waals surface area contributed by atoms with Crippen molar-refractivity contribution in [2.24, 2.45) is 0 Å². The van der Waals surface area contributed by atoms with E-state index in [4.69, 9.17) is 0 Å². The fourth-order valence-electron chi connectivity index (χ4n) is 2.48.